The van der Waals surface area contributed by atoms with Gasteiger partial charge in [-0.05, 0) is 12.1 Å². The Morgan fingerprint density at radius 1 is 1.35 bits per heavy atom. The predicted molar refractivity (Wildman–Crippen MR) is 55.6 cm³/mol. The van der Waals surface area contributed by atoms with Gasteiger partial charge in [0.1, 0.15) is 6.26 Å². The Kier molecular flexibility index (Phi) is 2.57. The van der Waals surface area contributed by atoms with Crippen LogP contribution in [0.4, 0.5) is 5.69 Å². The van der Waals surface area contributed by atoms with E-state index >= 15 is 0 Å². The predicted octanol–water partition coefficient (Wildman–Crippen LogP) is 1.95. The van der Waals surface area contributed by atoms with Gasteiger partial charge in [0, 0.05) is 17.7 Å². The highest BCUT2D eigenvalue weighted by molar-refractivity contribution is 5.85. The standard InChI is InChI=1S/C10H6N2O5/c13-10(14)8-5-17-9(11-8)6-1-3-7(4-2-6)12(15)16/h1-5H,(H,13,14). The van der Waals surface area contributed by atoms with E-state index < -0.39 is 10.9 Å². The van der Waals surface area contributed by atoms with Crippen molar-refractivity contribution in [2.45, 2.75) is 0 Å². The number of carbonyl (C=O) groups is 1. The summed E-state index contributed by atoms with van der Waals surface area (Å²) in [4.78, 5) is 24.2. The average Bonchev–Trinajstić information content (AvgIpc) is 2.78. The normalized spacial score (nSPS) is 10.1. The number of non-ortho nitro benzene ring substituents is 1. The van der Waals surface area contributed by atoms with Crippen molar-refractivity contribution in [2.24, 2.45) is 0 Å². The largest absolute Gasteiger partial charge is 0.476 e. The summed E-state index contributed by atoms with van der Waals surface area (Å²) in [5.74, 6) is -1.08. The summed E-state index contributed by atoms with van der Waals surface area (Å²) in [6.07, 6.45) is 1.01. The first-order valence-electron chi connectivity index (χ1n) is 4.51. The molecule has 0 atom stereocenters. The van der Waals surface area contributed by atoms with Crippen LogP contribution in [-0.4, -0.2) is 21.0 Å². The molecule has 0 saturated heterocycles. The molecule has 1 aromatic carbocycles. The second-order valence-electron chi connectivity index (χ2n) is 3.15. The lowest BCUT2D eigenvalue weighted by Crippen LogP contribution is -1.95. The smallest absolute Gasteiger partial charge is 0.357 e. The molecule has 1 heterocycles. The summed E-state index contributed by atoms with van der Waals surface area (Å²) < 4.78 is 4.95. The van der Waals surface area contributed by atoms with Crippen molar-refractivity contribution in [3.05, 3.63) is 46.3 Å². The number of carboxylic acid groups (broad SMARTS) is 1. The van der Waals surface area contributed by atoms with Gasteiger partial charge in [0.25, 0.3) is 5.69 Å². The topological polar surface area (TPSA) is 106 Å². The van der Waals surface area contributed by atoms with Gasteiger partial charge in [-0.15, -0.1) is 0 Å². The molecule has 0 aliphatic rings. The minimum atomic E-state index is -1.19. The fourth-order valence-electron chi connectivity index (χ4n) is 1.23. The van der Waals surface area contributed by atoms with Crippen molar-refractivity contribution in [3.63, 3.8) is 0 Å². The molecule has 0 saturated carbocycles. The van der Waals surface area contributed by atoms with Crippen molar-refractivity contribution < 1.29 is 19.2 Å². The number of oxazole rings is 1. The van der Waals surface area contributed by atoms with Gasteiger partial charge in [0.05, 0.1) is 4.92 Å². The number of carboxylic acids is 1. The number of benzene rings is 1. The minimum absolute atomic E-state index is 0.0567. The van der Waals surface area contributed by atoms with E-state index in [4.69, 9.17) is 9.52 Å². The molecular weight excluding hydrogens is 228 g/mol. The van der Waals surface area contributed by atoms with Crippen LogP contribution in [0.15, 0.2) is 34.9 Å². The molecule has 86 valence electrons. The number of nitro groups is 1. The fourth-order valence-corrected chi connectivity index (χ4v) is 1.23. The van der Waals surface area contributed by atoms with Gasteiger partial charge >= 0.3 is 5.97 Å². The molecule has 0 spiro atoms. The molecule has 0 fully saturated rings. The maximum atomic E-state index is 10.6. The second-order valence-corrected chi connectivity index (χ2v) is 3.15. The Balaban J connectivity index is 2.33. The van der Waals surface area contributed by atoms with E-state index in [9.17, 15) is 14.9 Å². The lowest BCUT2D eigenvalue weighted by atomic mass is 10.2. The monoisotopic (exact) mass is 234 g/mol. The third kappa shape index (κ3) is 2.12. The molecule has 1 aromatic heterocycles. The Hall–Kier alpha value is -2.70. The number of aromatic nitrogens is 1. The van der Waals surface area contributed by atoms with Gasteiger partial charge in [-0.1, -0.05) is 0 Å². The lowest BCUT2D eigenvalue weighted by Gasteiger charge is -1.94. The summed E-state index contributed by atoms with van der Waals surface area (Å²) in [6.45, 7) is 0. The van der Waals surface area contributed by atoms with Gasteiger partial charge in [-0.2, -0.15) is 0 Å². The molecule has 7 nitrogen and oxygen atoms in total. The third-order valence-corrected chi connectivity index (χ3v) is 2.05. The van der Waals surface area contributed by atoms with Gasteiger partial charge in [-0.25, -0.2) is 9.78 Å². The molecule has 7 heteroatoms. The first-order valence-corrected chi connectivity index (χ1v) is 4.51. The molecule has 2 aromatic rings. The zero-order valence-electron chi connectivity index (χ0n) is 8.36. The number of aromatic carboxylic acids is 1. The molecule has 0 amide bonds. The van der Waals surface area contributed by atoms with E-state index in [1.54, 1.807) is 0 Å². The van der Waals surface area contributed by atoms with Crippen molar-refractivity contribution in [3.8, 4) is 11.5 Å². The van der Waals surface area contributed by atoms with E-state index in [1.165, 1.54) is 24.3 Å². The molecule has 0 aliphatic carbocycles. The quantitative estimate of drug-likeness (QED) is 0.642. The maximum Gasteiger partial charge on any atom is 0.357 e. The van der Waals surface area contributed by atoms with E-state index in [2.05, 4.69) is 4.98 Å². The molecule has 0 bridgehead atoms. The van der Waals surface area contributed by atoms with Crippen molar-refractivity contribution >= 4 is 11.7 Å². The number of nitro benzene ring substituents is 1. The molecule has 0 unspecified atom stereocenters. The van der Waals surface area contributed by atoms with Crippen LogP contribution in [0.25, 0.3) is 11.5 Å². The van der Waals surface area contributed by atoms with Crippen LogP contribution >= 0.6 is 0 Å². The Morgan fingerprint density at radius 2 is 2.00 bits per heavy atom. The van der Waals surface area contributed by atoms with Gasteiger partial charge in [-0.3, -0.25) is 10.1 Å². The van der Waals surface area contributed by atoms with E-state index in [-0.39, 0.29) is 17.3 Å². The van der Waals surface area contributed by atoms with Crippen LogP contribution in [0, 0.1) is 10.1 Å². The van der Waals surface area contributed by atoms with Crippen molar-refractivity contribution in [1.29, 1.82) is 0 Å². The van der Waals surface area contributed by atoms with Crippen LogP contribution in [0.2, 0.25) is 0 Å². The summed E-state index contributed by atoms with van der Waals surface area (Å²) in [5.41, 5.74) is 0.209. The average molecular weight is 234 g/mol. The highest BCUT2D eigenvalue weighted by atomic mass is 16.6. The Labute approximate surface area is 94.5 Å². The van der Waals surface area contributed by atoms with Crippen LogP contribution in [0.3, 0.4) is 0 Å². The van der Waals surface area contributed by atoms with Crippen LogP contribution in [0.5, 0.6) is 0 Å². The zero-order valence-corrected chi connectivity index (χ0v) is 8.36. The fraction of sp³-hybridized carbons (Fsp3) is 0. The summed E-state index contributed by atoms with van der Waals surface area (Å²) in [7, 11) is 0. The minimum Gasteiger partial charge on any atom is -0.476 e. The molecular formula is C10H6N2O5. The van der Waals surface area contributed by atoms with Crippen LogP contribution < -0.4 is 0 Å². The van der Waals surface area contributed by atoms with Gasteiger partial charge in [0.2, 0.25) is 5.89 Å². The van der Waals surface area contributed by atoms with Crippen LogP contribution in [0.1, 0.15) is 10.5 Å². The number of hydrogen-bond acceptors (Lipinski definition) is 5. The van der Waals surface area contributed by atoms with Gasteiger partial charge in [0.15, 0.2) is 5.69 Å². The summed E-state index contributed by atoms with van der Waals surface area (Å²) in [5, 5.41) is 19.1. The lowest BCUT2D eigenvalue weighted by molar-refractivity contribution is -0.384. The molecule has 1 N–H and O–H groups in total. The Bertz CT molecular complexity index is 573. The highest BCUT2D eigenvalue weighted by Crippen LogP contribution is 2.21. The van der Waals surface area contributed by atoms with Crippen molar-refractivity contribution in [2.75, 3.05) is 0 Å². The molecule has 0 aliphatic heterocycles. The SMILES string of the molecule is O=C(O)c1coc(-c2ccc([N+](=O)[O-])cc2)n1. The third-order valence-electron chi connectivity index (χ3n) is 2.05. The first kappa shape index (κ1) is 10.8. The van der Waals surface area contributed by atoms with E-state index in [1.807, 2.05) is 0 Å². The molecule has 17 heavy (non-hydrogen) atoms. The highest BCUT2D eigenvalue weighted by Gasteiger charge is 2.13. The molecule has 2 rings (SSSR count). The maximum absolute atomic E-state index is 10.6. The first-order chi connectivity index (χ1) is 8.08. The van der Waals surface area contributed by atoms with Crippen LogP contribution in [-0.2, 0) is 0 Å². The zero-order chi connectivity index (χ0) is 12.4. The Morgan fingerprint density at radius 3 is 2.47 bits per heavy atom. The van der Waals surface area contributed by atoms with Gasteiger partial charge < -0.3 is 9.52 Å². The summed E-state index contributed by atoms with van der Waals surface area (Å²) >= 11 is 0. The summed E-state index contributed by atoms with van der Waals surface area (Å²) in [6, 6.07) is 5.46. The van der Waals surface area contributed by atoms with Crippen molar-refractivity contribution in [1.82, 2.24) is 4.98 Å². The number of nitrogens with zero attached hydrogens (tertiary/aromatic N) is 2. The number of hydrogen-bond donors (Lipinski definition) is 1. The second kappa shape index (κ2) is 4.05. The molecule has 0 radical (unpaired) electrons. The number of rotatable bonds is 3. The van der Waals surface area contributed by atoms with E-state index in [0.29, 0.717) is 5.56 Å². The van der Waals surface area contributed by atoms with E-state index in [0.717, 1.165) is 6.26 Å².